The first-order chi connectivity index (χ1) is 29.0. The first-order valence-corrected chi connectivity index (χ1v) is 22.0. The molecule has 7 aromatic rings. The van der Waals surface area contributed by atoms with E-state index in [-0.39, 0.29) is 48.1 Å². The molecule has 0 aliphatic carbocycles. The first-order valence-electron chi connectivity index (χ1n) is 22.0. The fourth-order valence-electron chi connectivity index (χ4n) is 8.19. The third-order valence-electron chi connectivity index (χ3n) is 12.5. The number of benzene rings is 5. The van der Waals surface area contributed by atoms with Gasteiger partial charge < -0.3 is 19.1 Å². The summed E-state index contributed by atoms with van der Waals surface area (Å²) in [4.78, 5) is 9.30. The third kappa shape index (κ3) is 9.28. The summed E-state index contributed by atoms with van der Waals surface area (Å²) >= 11 is 0. The van der Waals surface area contributed by atoms with Gasteiger partial charge in [-0.2, -0.15) is 6.07 Å². The fourth-order valence-corrected chi connectivity index (χ4v) is 8.19. The molecule has 0 spiro atoms. The predicted octanol–water partition coefficient (Wildman–Crippen LogP) is 15.0. The summed E-state index contributed by atoms with van der Waals surface area (Å²) in [5, 5.41) is 2.25. The minimum atomic E-state index is -0.197. The molecule has 5 nitrogen and oxygen atoms in total. The largest absolute Gasteiger partial charge is 0.509 e. The van der Waals surface area contributed by atoms with Gasteiger partial charge in [0.15, 0.2) is 0 Å². The Balaban J connectivity index is 0.00000595. The molecule has 2 aromatic heterocycles. The van der Waals surface area contributed by atoms with Crippen LogP contribution in [0.2, 0.25) is 0 Å². The molecular weight excluding hydrogens is 952 g/mol. The Morgan fingerprint density at radius 3 is 1.76 bits per heavy atom. The van der Waals surface area contributed by atoms with E-state index in [0.29, 0.717) is 11.5 Å². The zero-order valence-electron chi connectivity index (χ0n) is 39.6. The summed E-state index contributed by atoms with van der Waals surface area (Å²) in [6, 6.07) is 44.8. The number of aromatic nitrogens is 2. The van der Waals surface area contributed by atoms with Gasteiger partial charge in [0.1, 0.15) is 5.82 Å². The molecule has 0 radical (unpaired) electrons. The van der Waals surface area contributed by atoms with Gasteiger partial charge >= 0.3 is 0 Å². The second kappa shape index (κ2) is 16.5. The molecular formula is C57H63N4OPt-3. The maximum Gasteiger partial charge on any atom is 0.135 e. The van der Waals surface area contributed by atoms with Crippen LogP contribution in [0.25, 0.3) is 27.6 Å². The minimum Gasteiger partial charge on any atom is -0.509 e. The molecule has 8 rings (SSSR count). The molecule has 1 aliphatic heterocycles. The van der Waals surface area contributed by atoms with Crippen LogP contribution in [0.1, 0.15) is 130 Å². The summed E-state index contributed by atoms with van der Waals surface area (Å²) in [5.74, 6) is 2.10. The van der Waals surface area contributed by atoms with Crippen LogP contribution in [0.5, 0.6) is 11.5 Å². The molecule has 0 atom stereocenters. The van der Waals surface area contributed by atoms with Crippen LogP contribution in [-0.2, 0) is 48.1 Å². The minimum absolute atomic E-state index is 0. The van der Waals surface area contributed by atoms with Gasteiger partial charge in [-0.25, -0.2) is 4.98 Å². The Labute approximate surface area is 391 Å². The van der Waals surface area contributed by atoms with Crippen LogP contribution in [0.15, 0.2) is 122 Å². The number of fused-ring (bicyclic) bond motifs is 3. The van der Waals surface area contributed by atoms with Gasteiger partial charge in [0.2, 0.25) is 0 Å². The van der Waals surface area contributed by atoms with Crippen LogP contribution in [0, 0.1) is 18.8 Å². The number of pyridine rings is 1. The standard InChI is InChI=1S/C57H63N4O.Pt/c1-53(2,3)39-24-25-58-52(34-39)61-50-23-20-40(57(13,14)38-18-16-15-17-19-38)33-49(50)48-22-21-46(36-51(48)61)62-47-32-43(56(10,11)12)31-45(35-47)60-27-26-59(37-60)44-29-41(54(4,5)6)28-42(30-44)55(7,8)9;/h15-34,37H,1-14H3;/q-3;. The molecule has 330 valence electrons. The van der Waals surface area contributed by atoms with Crippen molar-refractivity contribution in [3.05, 3.63) is 174 Å². The number of ether oxygens (including phenoxy) is 1. The van der Waals surface area contributed by atoms with Gasteiger partial charge in [-0.1, -0.05) is 151 Å². The average molecular weight is 1020 g/mol. The van der Waals surface area contributed by atoms with Gasteiger partial charge in [0, 0.05) is 55.4 Å². The quantitative estimate of drug-likeness (QED) is 0.149. The average Bonchev–Trinajstić information content (AvgIpc) is 3.83. The summed E-state index contributed by atoms with van der Waals surface area (Å²) < 4.78 is 9.06. The van der Waals surface area contributed by atoms with E-state index in [2.05, 4.69) is 240 Å². The second-order valence-corrected chi connectivity index (χ2v) is 21.8. The summed E-state index contributed by atoms with van der Waals surface area (Å²) in [7, 11) is 0. The van der Waals surface area contributed by atoms with Crippen LogP contribution < -0.4 is 14.5 Å². The van der Waals surface area contributed by atoms with Gasteiger partial charge in [-0.05, 0) is 97.6 Å². The smallest absolute Gasteiger partial charge is 0.135 e. The molecule has 0 amide bonds. The normalized spacial score (nSPS) is 13.9. The Morgan fingerprint density at radius 1 is 0.508 bits per heavy atom. The third-order valence-corrected chi connectivity index (χ3v) is 12.5. The van der Waals surface area contributed by atoms with Crippen LogP contribution >= 0.6 is 0 Å². The Kier molecular flexibility index (Phi) is 12.0. The van der Waals surface area contributed by atoms with Crippen LogP contribution in [-0.4, -0.2) is 9.55 Å². The van der Waals surface area contributed by atoms with E-state index in [4.69, 9.17) is 9.72 Å². The summed E-state index contributed by atoms with van der Waals surface area (Å²) in [6.07, 6.45) is 6.15. The molecule has 0 fully saturated rings. The van der Waals surface area contributed by atoms with Crippen molar-refractivity contribution >= 4 is 33.2 Å². The Bertz CT molecular complexity index is 2790. The maximum absolute atomic E-state index is 6.82. The number of hydrogen-bond acceptors (Lipinski definition) is 4. The Morgan fingerprint density at radius 2 is 1.13 bits per heavy atom. The van der Waals surface area contributed by atoms with Gasteiger partial charge in [-0.15, -0.1) is 53.6 Å². The van der Waals surface area contributed by atoms with Crippen molar-refractivity contribution in [1.29, 1.82) is 0 Å². The maximum atomic E-state index is 6.82. The molecule has 3 heterocycles. The van der Waals surface area contributed by atoms with Crippen molar-refractivity contribution in [2.24, 2.45) is 0 Å². The topological polar surface area (TPSA) is 33.5 Å². The molecule has 6 heteroatoms. The Hall–Kier alpha value is -5.12. The number of anilines is 2. The van der Waals surface area contributed by atoms with E-state index in [9.17, 15) is 0 Å². The number of rotatable bonds is 7. The first kappa shape index (κ1) is 45.9. The molecule has 0 N–H and O–H groups in total. The second-order valence-electron chi connectivity index (χ2n) is 21.8. The van der Waals surface area contributed by atoms with Crippen molar-refractivity contribution < 1.29 is 25.8 Å². The van der Waals surface area contributed by atoms with E-state index in [1.54, 1.807) is 0 Å². The monoisotopic (exact) mass is 1010 g/mol. The number of nitrogens with zero attached hydrogens (tertiary/aromatic N) is 4. The van der Waals surface area contributed by atoms with Gasteiger partial charge in [-0.3, -0.25) is 0 Å². The van der Waals surface area contributed by atoms with Gasteiger partial charge in [0.25, 0.3) is 0 Å². The summed E-state index contributed by atoms with van der Waals surface area (Å²) in [5.41, 5.74) is 11.2. The van der Waals surface area contributed by atoms with Crippen LogP contribution in [0.4, 0.5) is 11.4 Å². The van der Waals surface area contributed by atoms with E-state index in [1.807, 2.05) is 12.3 Å². The van der Waals surface area contributed by atoms with Crippen molar-refractivity contribution in [2.75, 3.05) is 9.80 Å². The van der Waals surface area contributed by atoms with Crippen molar-refractivity contribution in [1.82, 2.24) is 9.55 Å². The zero-order valence-corrected chi connectivity index (χ0v) is 41.9. The molecule has 0 saturated carbocycles. The number of hydrogen-bond donors (Lipinski definition) is 0. The molecule has 63 heavy (non-hydrogen) atoms. The van der Waals surface area contributed by atoms with Crippen molar-refractivity contribution in [2.45, 2.75) is 124 Å². The fraction of sp³-hybridized carbons (Fsp3) is 0.333. The van der Waals surface area contributed by atoms with E-state index in [1.165, 1.54) is 27.8 Å². The SMILES string of the molecule is CC(C)(C)c1cc(Oc2[c-]c3c(cc2)c2cc(C(C)(C)c4ccccc4)ccc2n3-c2cc(C(C)(C)C)ccn2)[c-]c(N2C=CN(c3cc(C(C)(C)C)cc(C(C)(C)C)c3)[CH-]2)c1.[Pt]. The van der Waals surface area contributed by atoms with Crippen molar-refractivity contribution in [3.8, 4) is 17.3 Å². The van der Waals surface area contributed by atoms with Crippen LogP contribution in [0.3, 0.4) is 0 Å². The molecule has 0 unspecified atom stereocenters. The van der Waals surface area contributed by atoms with E-state index < -0.39 is 0 Å². The predicted molar refractivity (Wildman–Crippen MR) is 261 cm³/mol. The van der Waals surface area contributed by atoms with E-state index in [0.717, 1.165) is 44.6 Å². The summed E-state index contributed by atoms with van der Waals surface area (Å²) in [6.45, 7) is 33.8. The zero-order chi connectivity index (χ0) is 44.6. The molecule has 0 saturated heterocycles. The van der Waals surface area contributed by atoms with E-state index >= 15 is 0 Å². The van der Waals surface area contributed by atoms with Gasteiger partial charge in [0.05, 0.1) is 0 Å². The molecule has 1 aliphatic rings. The molecule has 0 bridgehead atoms. The van der Waals surface area contributed by atoms with Crippen molar-refractivity contribution in [3.63, 3.8) is 0 Å². The molecule has 5 aromatic carbocycles.